The maximum absolute atomic E-state index is 11.6. The number of hydrogen-bond acceptors (Lipinski definition) is 9. The predicted molar refractivity (Wildman–Crippen MR) is 68.5 cm³/mol. The molecule has 9 nitrogen and oxygen atoms in total. The van der Waals surface area contributed by atoms with Gasteiger partial charge in [-0.15, -0.1) is 11.3 Å². The van der Waals surface area contributed by atoms with E-state index < -0.39 is 12.1 Å². The standard InChI is InChI=1S/C10H11N3O6S/c1-3-18-8(15)7(13-19-5-14)6-4-20-9(11-6)12-10(16)17-2/h4-5H,3H2,1-2H3,(H,11,12,16). The minimum absolute atomic E-state index is 0.0548. The van der Waals surface area contributed by atoms with E-state index in [0.717, 1.165) is 11.3 Å². The van der Waals surface area contributed by atoms with Crippen LogP contribution in [-0.4, -0.2) is 42.9 Å². The van der Waals surface area contributed by atoms with Gasteiger partial charge in [-0.3, -0.25) is 10.1 Å². The first kappa shape index (κ1) is 15.6. The number of oxime groups is 1. The molecule has 0 radical (unpaired) electrons. The second kappa shape index (κ2) is 7.84. The van der Waals surface area contributed by atoms with Gasteiger partial charge in [0.2, 0.25) is 5.71 Å². The summed E-state index contributed by atoms with van der Waals surface area (Å²) in [6.45, 7) is 1.79. The number of hydrogen-bond donors (Lipinski definition) is 1. The molecule has 0 aliphatic rings. The first-order chi connectivity index (χ1) is 9.62. The van der Waals surface area contributed by atoms with Gasteiger partial charge in [-0.2, -0.15) is 0 Å². The average molecular weight is 301 g/mol. The van der Waals surface area contributed by atoms with Crippen molar-refractivity contribution in [3.8, 4) is 0 Å². The Kier molecular flexibility index (Phi) is 6.10. The van der Waals surface area contributed by atoms with Crippen molar-refractivity contribution < 1.29 is 28.7 Å². The Morgan fingerprint density at radius 2 is 2.30 bits per heavy atom. The highest BCUT2D eigenvalue weighted by atomic mass is 32.1. The highest BCUT2D eigenvalue weighted by molar-refractivity contribution is 7.14. The lowest BCUT2D eigenvalue weighted by atomic mass is 10.3. The van der Waals surface area contributed by atoms with Gasteiger partial charge in [0.15, 0.2) is 5.13 Å². The van der Waals surface area contributed by atoms with Gasteiger partial charge in [0.1, 0.15) is 5.69 Å². The summed E-state index contributed by atoms with van der Waals surface area (Å²) in [5.74, 6) is -0.802. The normalized spacial score (nSPS) is 10.6. The maximum Gasteiger partial charge on any atom is 0.413 e. The van der Waals surface area contributed by atoms with Crippen LogP contribution in [0.5, 0.6) is 0 Å². The molecule has 0 aliphatic carbocycles. The van der Waals surface area contributed by atoms with E-state index in [0.29, 0.717) is 0 Å². The van der Waals surface area contributed by atoms with Crippen molar-refractivity contribution in [3.05, 3.63) is 11.1 Å². The SMILES string of the molecule is CCOC(=O)C(=NOC=O)c1csc(NC(=O)OC)n1. The lowest BCUT2D eigenvalue weighted by molar-refractivity contribution is -0.135. The van der Waals surface area contributed by atoms with Crippen LogP contribution in [0.15, 0.2) is 10.5 Å². The highest BCUT2D eigenvalue weighted by Gasteiger charge is 2.20. The molecule has 10 heteroatoms. The molecule has 108 valence electrons. The summed E-state index contributed by atoms with van der Waals surface area (Å²) < 4.78 is 9.15. The fourth-order valence-electron chi connectivity index (χ4n) is 1.04. The van der Waals surface area contributed by atoms with Crippen LogP contribution >= 0.6 is 11.3 Å². The minimum Gasteiger partial charge on any atom is -0.461 e. The number of aromatic nitrogens is 1. The summed E-state index contributed by atoms with van der Waals surface area (Å²) in [5, 5.41) is 7.27. The van der Waals surface area contributed by atoms with E-state index in [2.05, 4.69) is 25.0 Å². The Hall–Kier alpha value is -2.49. The van der Waals surface area contributed by atoms with Gasteiger partial charge in [0.25, 0.3) is 0 Å². The van der Waals surface area contributed by atoms with Crippen LogP contribution in [0.3, 0.4) is 0 Å². The van der Waals surface area contributed by atoms with Gasteiger partial charge < -0.3 is 14.3 Å². The molecular formula is C10H11N3O6S. The molecular weight excluding hydrogens is 290 g/mol. The number of anilines is 1. The Morgan fingerprint density at radius 1 is 1.55 bits per heavy atom. The number of carbonyl (C=O) groups is 3. The Bertz CT molecular complexity index is 527. The first-order valence-electron chi connectivity index (χ1n) is 5.27. The van der Waals surface area contributed by atoms with E-state index in [-0.39, 0.29) is 29.6 Å². The zero-order chi connectivity index (χ0) is 15.0. The molecule has 0 saturated carbocycles. The van der Waals surface area contributed by atoms with Crippen molar-refractivity contribution in [2.45, 2.75) is 6.92 Å². The van der Waals surface area contributed by atoms with E-state index in [4.69, 9.17) is 4.74 Å². The van der Waals surface area contributed by atoms with E-state index in [9.17, 15) is 14.4 Å². The van der Waals surface area contributed by atoms with Crippen molar-refractivity contribution in [1.29, 1.82) is 0 Å². The van der Waals surface area contributed by atoms with Crippen LogP contribution in [0.2, 0.25) is 0 Å². The minimum atomic E-state index is -0.802. The molecule has 0 atom stereocenters. The number of amides is 1. The number of carbonyl (C=O) groups excluding carboxylic acids is 3. The van der Waals surface area contributed by atoms with Crippen molar-refractivity contribution in [1.82, 2.24) is 4.98 Å². The number of rotatable bonds is 6. The summed E-state index contributed by atoms with van der Waals surface area (Å²) >= 11 is 1.03. The van der Waals surface area contributed by atoms with Crippen molar-refractivity contribution in [2.24, 2.45) is 5.16 Å². The van der Waals surface area contributed by atoms with Gasteiger partial charge in [-0.25, -0.2) is 14.6 Å². The molecule has 1 rings (SSSR count). The molecule has 0 spiro atoms. The average Bonchev–Trinajstić information content (AvgIpc) is 2.87. The maximum atomic E-state index is 11.6. The van der Waals surface area contributed by atoms with Crippen LogP contribution < -0.4 is 5.32 Å². The summed E-state index contributed by atoms with van der Waals surface area (Å²) in [6, 6.07) is 0. The molecule has 1 aromatic heterocycles. The molecule has 1 aromatic rings. The van der Waals surface area contributed by atoms with Gasteiger partial charge in [-0.05, 0) is 6.92 Å². The lowest BCUT2D eigenvalue weighted by Crippen LogP contribution is -2.20. The van der Waals surface area contributed by atoms with Crippen LogP contribution in [0.1, 0.15) is 12.6 Å². The summed E-state index contributed by atoms with van der Waals surface area (Å²) in [5.41, 5.74) is -0.185. The number of esters is 1. The zero-order valence-electron chi connectivity index (χ0n) is 10.6. The van der Waals surface area contributed by atoms with Crippen LogP contribution in [0.25, 0.3) is 0 Å². The zero-order valence-corrected chi connectivity index (χ0v) is 11.4. The van der Waals surface area contributed by atoms with Gasteiger partial charge >= 0.3 is 18.5 Å². The smallest absolute Gasteiger partial charge is 0.413 e. The molecule has 0 bridgehead atoms. The van der Waals surface area contributed by atoms with Gasteiger partial charge in [0, 0.05) is 5.38 Å². The molecule has 20 heavy (non-hydrogen) atoms. The van der Waals surface area contributed by atoms with Crippen molar-refractivity contribution in [3.63, 3.8) is 0 Å². The predicted octanol–water partition coefficient (Wildman–Crippen LogP) is 0.762. The number of nitrogens with one attached hydrogen (secondary N) is 1. The molecule has 1 amide bonds. The van der Waals surface area contributed by atoms with Crippen LogP contribution in [0.4, 0.5) is 9.93 Å². The van der Waals surface area contributed by atoms with E-state index in [1.807, 2.05) is 0 Å². The third kappa shape index (κ3) is 4.31. The van der Waals surface area contributed by atoms with Gasteiger partial charge in [-0.1, -0.05) is 5.16 Å². The molecule has 0 saturated heterocycles. The molecule has 0 fully saturated rings. The van der Waals surface area contributed by atoms with E-state index in [1.54, 1.807) is 6.92 Å². The second-order valence-electron chi connectivity index (χ2n) is 3.02. The van der Waals surface area contributed by atoms with Crippen LogP contribution in [0, 0.1) is 0 Å². The largest absolute Gasteiger partial charge is 0.461 e. The summed E-state index contributed by atoms with van der Waals surface area (Å²) in [6.07, 6.45) is -0.704. The second-order valence-corrected chi connectivity index (χ2v) is 3.87. The quantitative estimate of drug-likeness (QED) is 0.271. The number of nitrogens with zero attached hydrogens (tertiary/aromatic N) is 2. The van der Waals surface area contributed by atoms with Crippen molar-refractivity contribution in [2.75, 3.05) is 19.0 Å². The highest BCUT2D eigenvalue weighted by Crippen LogP contribution is 2.17. The third-order valence-electron chi connectivity index (χ3n) is 1.80. The monoisotopic (exact) mass is 301 g/mol. The number of methoxy groups -OCH3 is 1. The third-order valence-corrected chi connectivity index (χ3v) is 2.55. The Morgan fingerprint density at radius 3 is 2.90 bits per heavy atom. The first-order valence-corrected chi connectivity index (χ1v) is 6.15. The Balaban J connectivity index is 2.94. The van der Waals surface area contributed by atoms with Crippen LogP contribution in [-0.2, 0) is 23.9 Å². The summed E-state index contributed by atoms with van der Waals surface area (Å²) in [4.78, 5) is 40.9. The van der Waals surface area contributed by atoms with E-state index >= 15 is 0 Å². The number of thiazole rings is 1. The van der Waals surface area contributed by atoms with E-state index in [1.165, 1.54) is 12.5 Å². The molecule has 0 aromatic carbocycles. The fourth-order valence-corrected chi connectivity index (χ4v) is 1.72. The lowest BCUT2D eigenvalue weighted by Gasteiger charge is -2.01. The summed E-state index contributed by atoms with van der Waals surface area (Å²) in [7, 11) is 1.20. The molecule has 1 heterocycles. The molecule has 1 N–H and O–H groups in total. The van der Waals surface area contributed by atoms with Gasteiger partial charge in [0.05, 0.1) is 13.7 Å². The molecule has 0 unspecified atom stereocenters. The fraction of sp³-hybridized carbons (Fsp3) is 0.300. The Labute approximate surface area is 117 Å². The number of ether oxygens (including phenoxy) is 2. The topological polar surface area (TPSA) is 116 Å². The van der Waals surface area contributed by atoms with Crippen molar-refractivity contribution >= 4 is 40.7 Å². The molecule has 0 aliphatic heterocycles.